The minimum absolute atomic E-state index is 0.133. The first-order valence-electron chi connectivity index (χ1n) is 4.51. The Morgan fingerprint density at radius 2 is 2.29 bits per heavy atom. The molecule has 0 saturated carbocycles. The second-order valence-electron chi connectivity index (χ2n) is 3.37. The van der Waals surface area contributed by atoms with Gasteiger partial charge >= 0.3 is 0 Å². The van der Waals surface area contributed by atoms with Crippen LogP contribution in [0.4, 0.5) is 5.69 Å². The van der Waals surface area contributed by atoms with Crippen LogP contribution in [0.25, 0.3) is 6.08 Å². The Morgan fingerprint density at radius 1 is 1.57 bits per heavy atom. The van der Waals surface area contributed by atoms with Crippen LogP contribution in [0.5, 0.6) is 0 Å². The van der Waals surface area contributed by atoms with E-state index >= 15 is 0 Å². The Hall–Kier alpha value is -1.64. The number of aromatic amines is 1. The highest BCUT2D eigenvalue weighted by molar-refractivity contribution is 5.64. The molecule has 0 amide bonds. The number of H-pyrrole nitrogens is 1. The Bertz CT molecular complexity index is 402. The summed E-state index contributed by atoms with van der Waals surface area (Å²) < 4.78 is 0. The number of hydrogen-bond acceptors (Lipinski definition) is 2. The molecule has 1 aromatic rings. The van der Waals surface area contributed by atoms with E-state index in [1.54, 1.807) is 18.3 Å². The summed E-state index contributed by atoms with van der Waals surface area (Å²) in [6, 6.07) is 1.73. The Labute approximate surface area is 83.2 Å². The van der Waals surface area contributed by atoms with Gasteiger partial charge in [-0.3, -0.25) is 9.79 Å². The van der Waals surface area contributed by atoms with Gasteiger partial charge in [-0.25, -0.2) is 0 Å². The lowest BCUT2D eigenvalue weighted by atomic mass is 10.1. The second-order valence-corrected chi connectivity index (χ2v) is 3.37. The molecule has 0 saturated heterocycles. The topological polar surface area (TPSA) is 45.2 Å². The number of nitrogens with one attached hydrogen (secondary N) is 1. The van der Waals surface area contributed by atoms with Gasteiger partial charge in [0.05, 0.1) is 11.3 Å². The van der Waals surface area contributed by atoms with Gasteiger partial charge in [-0.2, -0.15) is 0 Å². The van der Waals surface area contributed by atoms with Crippen molar-refractivity contribution in [3.05, 3.63) is 34.3 Å². The standard InChI is InChI=1S/C11H14N2O/c1-8(2)4-5-9-10(12-3)6-7-13-11(9)14/h4-8H,3H2,1-2H3,(H,13,14)/b5-4-. The zero-order chi connectivity index (χ0) is 10.6. The third-order valence-electron chi connectivity index (χ3n) is 1.79. The molecular weight excluding hydrogens is 176 g/mol. The minimum atomic E-state index is -0.133. The molecule has 0 bridgehead atoms. The number of nitrogens with zero attached hydrogens (tertiary/aromatic N) is 1. The second kappa shape index (κ2) is 4.56. The van der Waals surface area contributed by atoms with Crippen LogP contribution in [0.3, 0.4) is 0 Å². The lowest BCUT2D eigenvalue weighted by Crippen LogP contribution is -2.07. The van der Waals surface area contributed by atoms with Gasteiger partial charge in [0, 0.05) is 6.20 Å². The molecule has 1 heterocycles. The molecule has 0 unspecified atom stereocenters. The molecule has 0 radical (unpaired) electrons. The van der Waals surface area contributed by atoms with Crippen LogP contribution in [0.1, 0.15) is 19.4 Å². The number of aliphatic imine (C=N–C) groups is 1. The van der Waals surface area contributed by atoms with Crippen molar-refractivity contribution in [2.24, 2.45) is 10.9 Å². The molecule has 0 aliphatic carbocycles. The smallest absolute Gasteiger partial charge is 0.257 e. The maximum absolute atomic E-state index is 11.4. The van der Waals surface area contributed by atoms with Crippen molar-refractivity contribution in [1.29, 1.82) is 0 Å². The molecule has 0 aromatic carbocycles. The van der Waals surface area contributed by atoms with Crippen molar-refractivity contribution in [1.82, 2.24) is 4.98 Å². The van der Waals surface area contributed by atoms with E-state index in [0.717, 1.165) is 0 Å². The van der Waals surface area contributed by atoms with E-state index in [1.165, 1.54) is 0 Å². The molecule has 74 valence electrons. The van der Waals surface area contributed by atoms with Gasteiger partial charge in [-0.1, -0.05) is 26.0 Å². The molecule has 14 heavy (non-hydrogen) atoms. The zero-order valence-corrected chi connectivity index (χ0v) is 8.45. The largest absolute Gasteiger partial charge is 0.328 e. The molecule has 0 atom stereocenters. The van der Waals surface area contributed by atoms with Crippen LogP contribution < -0.4 is 5.56 Å². The molecule has 1 N–H and O–H groups in total. The Morgan fingerprint density at radius 3 is 2.86 bits per heavy atom. The fraction of sp³-hybridized carbons (Fsp3) is 0.273. The van der Waals surface area contributed by atoms with Crippen molar-refractivity contribution < 1.29 is 0 Å². The van der Waals surface area contributed by atoms with E-state index in [2.05, 4.69) is 30.5 Å². The first kappa shape index (κ1) is 10.4. The predicted octanol–water partition coefficient (Wildman–Crippen LogP) is 2.38. The highest BCUT2D eigenvalue weighted by atomic mass is 16.1. The number of pyridine rings is 1. The average Bonchev–Trinajstić information content (AvgIpc) is 2.15. The van der Waals surface area contributed by atoms with E-state index in [4.69, 9.17) is 0 Å². The SMILES string of the molecule is C=Nc1cc[nH]c(=O)c1/C=C\C(C)C. The van der Waals surface area contributed by atoms with Gasteiger partial charge in [-0.15, -0.1) is 0 Å². The highest BCUT2D eigenvalue weighted by Crippen LogP contribution is 2.15. The van der Waals surface area contributed by atoms with Crippen LogP contribution >= 0.6 is 0 Å². The summed E-state index contributed by atoms with van der Waals surface area (Å²) >= 11 is 0. The van der Waals surface area contributed by atoms with Crippen LogP contribution in [-0.2, 0) is 0 Å². The molecule has 3 heteroatoms. The molecule has 3 nitrogen and oxygen atoms in total. The van der Waals surface area contributed by atoms with E-state index < -0.39 is 0 Å². The highest BCUT2D eigenvalue weighted by Gasteiger charge is 2.00. The number of aromatic nitrogens is 1. The molecular formula is C11H14N2O. The lowest BCUT2D eigenvalue weighted by molar-refractivity contribution is 0.836. The van der Waals surface area contributed by atoms with E-state index in [-0.39, 0.29) is 5.56 Å². The minimum Gasteiger partial charge on any atom is -0.328 e. The first-order chi connectivity index (χ1) is 6.65. The molecule has 1 rings (SSSR count). The van der Waals surface area contributed by atoms with Crippen LogP contribution in [-0.4, -0.2) is 11.7 Å². The van der Waals surface area contributed by atoms with E-state index in [0.29, 0.717) is 17.2 Å². The maximum Gasteiger partial charge on any atom is 0.257 e. The normalized spacial score (nSPS) is 11.1. The summed E-state index contributed by atoms with van der Waals surface area (Å²) in [6.45, 7) is 7.52. The van der Waals surface area contributed by atoms with Gasteiger partial charge in [-0.05, 0) is 18.7 Å². The third kappa shape index (κ3) is 2.42. The van der Waals surface area contributed by atoms with Gasteiger partial charge in [0.25, 0.3) is 5.56 Å². The fourth-order valence-electron chi connectivity index (χ4n) is 1.07. The maximum atomic E-state index is 11.4. The molecule has 0 fully saturated rings. The summed E-state index contributed by atoms with van der Waals surface area (Å²) in [5, 5.41) is 0. The Kier molecular flexibility index (Phi) is 3.40. The molecule has 0 spiro atoms. The van der Waals surface area contributed by atoms with Crippen LogP contribution in [0.2, 0.25) is 0 Å². The lowest BCUT2D eigenvalue weighted by Gasteiger charge is -1.98. The summed E-state index contributed by atoms with van der Waals surface area (Å²) in [6.07, 6.45) is 5.31. The van der Waals surface area contributed by atoms with Crippen LogP contribution in [0.15, 0.2) is 28.1 Å². The number of rotatable bonds is 3. The molecule has 1 aromatic heterocycles. The number of allylic oxidation sites excluding steroid dienone is 1. The monoisotopic (exact) mass is 190 g/mol. The average molecular weight is 190 g/mol. The van der Waals surface area contributed by atoms with Crippen molar-refractivity contribution in [3.63, 3.8) is 0 Å². The van der Waals surface area contributed by atoms with E-state index in [1.807, 2.05) is 6.08 Å². The summed E-state index contributed by atoms with van der Waals surface area (Å²) in [7, 11) is 0. The summed E-state index contributed by atoms with van der Waals surface area (Å²) in [5.41, 5.74) is 1.05. The van der Waals surface area contributed by atoms with Gasteiger partial charge in [0.15, 0.2) is 0 Å². The molecule has 0 aliphatic heterocycles. The van der Waals surface area contributed by atoms with Gasteiger partial charge < -0.3 is 4.98 Å². The van der Waals surface area contributed by atoms with Crippen LogP contribution in [0, 0.1) is 5.92 Å². The molecule has 0 aliphatic rings. The summed E-state index contributed by atoms with van der Waals surface area (Å²) in [4.78, 5) is 17.8. The van der Waals surface area contributed by atoms with E-state index in [9.17, 15) is 4.79 Å². The third-order valence-corrected chi connectivity index (χ3v) is 1.79. The first-order valence-corrected chi connectivity index (χ1v) is 4.51. The van der Waals surface area contributed by atoms with Crippen molar-refractivity contribution in [3.8, 4) is 0 Å². The Balaban J connectivity index is 3.18. The van der Waals surface area contributed by atoms with Crippen molar-refractivity contribution >= 4 is 18.5 Å². The van der Waals surface area contributed by atoms with Gasteiger partial charge in [0.2, 0.25) is 0 Å². The van der Waals surface area contributed by atoms with Crippen molar-refractivity contribution in [2.45, 2.75) is 13.8 Å². The van der Waals surface area contributed by atoms with Crippen molar-refractivity contribution in [2.75, 3.05) is 0 Å². The zero-order valence-electron chi connectivity index (χ0n) is 8.45. The number of hydrogen-bond donors (Lipinski definition) is 1. The predicted molar refractivity (Wildman–Crippen MR) is 60.1 cm³/mol. The quantitative estimate of drug-likeness (QED) is 0.731. The summed E-state index contributed by atoms with van der Waals surface area (Å²) in [5.74, 6) is 0.410. The van der Waals surface area contributed by atoms with Gasteiger partial charge in [0.1, 0.15) is 0 Å². The fourth-order valence-corrected chi connectivity index (χ4v) is 1.07.